The van der Waals surface area contributed by atoms with Crippen LogP contribution in [0.1, 0.15) is 15.4 Å². The quantitative estimate of drug-likeness (QED) is 0.858. The number of carbonyl (C=O) groups excluding carboxylic acids is 1. The topological polar surface area (TPSA) is 54.0 Å². The van der Waals surface area contributed by atoms with Gasteiger partial charge in [0.1, 0.15) is 11.6 Å². The predicted molar refractivity (Wildman–Crippen MR) is 82.0 cm³/mol. The van der Waals surface area contributed by atoms with Gasteiger partial charge in [-0.1, -0.05) is 0 Å². The third-order valence-corrected chi connectivity index (χ3v) is 3.89. The van der Waals surface area contributed by atoms with E-state index in [1.165, 1.54) is 12.1 Å². The lowest BCUT2D eigenvalue weighted by Gasteiger charge is -2.07. The molecule has 1 heterocycles. The van der Waals surface area contributed by atoms with E-state index in [2.05, 4.69) is 15.6 Å². The molecule has 2 amide bonds. The normalized spacial score (nSPS) is 10.5. The van der Waals surface area contributed by atoms with Crippen molar-refractivity contribution in [3.05, 3.63) is 51.5 Å². The number of nitrogens with zero attached hydrogens (tertiary/aromatic N) is 1. The summed E-state index contributed by atoms with van der Waals surface area (Å²) in [5.74, 6) is -1.23. The summed E-state index contributed by atoms with van der Waals surface area (Å²) in [7, 11) is 0. The van der Waals surface area contributed by atoms with Crippen molar-refractivity contribution in [1.82, 2.24) is 15.6 Å². The Labute approximate surface area is 131 Å². The fourth-order valence-corrected chi connectivity index (χ4v) is 2.72. The smallest absolute Gasteiger partial charge is 0.314 e. The lowest BCUT2D eigenvalue weighted by molar-refractivity contribution is 0.241. The minimum atomic E-state index is -0.613. The van der Waals surface area contributed by atoms with Gasteiger partial charge in [-0.15, -0.1) is 11.3 Å². The van der Waals surface area contributed by atoms with Gasteiger partial charge in [-0.2, -0.15) is 0 Å². The van der Waals surface area contributed by atoms with Gasteiger partial charge in [0.2, 0.25) is 0 Å². The van der Waals surface area contributed by atoms with Crippen molar-refractivity contribution in [2.24, 2.45) is 0 Å². The van der Waals surface area contributed by atoms with Crippen LogP contribution in [-0.4, -0.2) is 24.1 Å². The Morgan fingerprint density at radius 3 is 2.36 bits per heavy atom. The third kappa shape index (κ3) is 5.40. The number of urea groups is 1. The van der Waals surface area contributed by atoms with Gasteiger partial charge in [-0.25, -0.2) is 18.6 Å². The first-order valence-corrected chi connectivity index (χ1v) is 7.72. The second kappa shape index (κ2) is 7.84. The minimum absolute atomic E-state index is 0.301. The molecule has 7 heteroatoms. The van der Waals surface area contributed by atoms with Gasteiger partial charge in [0.05, 0.1) is 5.01 Å². The first-order valence-electron chi connectivity index (χ1n) is 6.91. The highest BCUT2D eigenvalue weighted by Crippen LogP contribution is 2.11. The first-order chi connectivity index (χ1) is 10.5. The molecule has 22 heavy (non-hydrogen) atoms. The third-order valence-electron chi connectivity index (χ3n) is 2.92. The fourth-order valence-electron chi connectivity index (χ4n) is 1.94. The van der Waals surface area contributed by atoms with Crippen molar-refractivity contribution in [1.29, 1.82) is 0 Å². The minimum Gasteiger partial charge on any atom is -0.338 e. The number of nitrogens with one attached hydrogen (secondary N) is 2. The summed E-state index contributed by atoms with van der Waals surface area (Å²) in [6.07, 6.45) is 2.85. The molecule has 4 nitrogen and oxygen atoms in total. The van der Waals surface area contributed by atoms with Crippen molar-refractivity contribution in [2.45, 2.75) is 19.8 Å². The van der Waals surface area contributed by atoms with E-state index in [1.807, 2.05) is 6.92 Å². The molecule has 2 aromatic rings. The average Bonchev–Trinajstić information content (AvgIpc) is 2.83. The number of hydrogen-bond donors (Lipinski definition) is 2. The van der Waals surface area contributed by atoms with Crippen LogP contribution in [0.4, 0.5) is 13.6 Å². The number of halogens is 2. The van der Waals surface area contributed by atoms with Crippen LogP contribution in [0.25, 0.3) is 0 Å². The summed E-state index contributed by atoms with van der Waals surface area (Å²) in [5.41, 5.74) is 0.510. The molecule has 0 unspecified atom stereocenters. The van der Waals surface area contributed by atoms with E-state index in [9.17, 15) is 13.6 Å². The summed E-state index contributed by atoms with van der Waals surface area (Å²) in [6, 6.07) is 3.04. The van der Waals surface area contributed by atoms with E-state index in [4.69, 9.17) is 0 Å². The van der Waals surface area contributed by atoms with Crippen molar-refractivity contribution >= 4 is 17.4 Å². The number of benzene rings is 1. The van der Waals surface area contributed by atoms with Crippen LogP contribution in [0.15, 0.2) is 24.4 Å². The molecular formula is C15H17F2N3OS. The zero-order valence-corrected chi connectivity index (χ0v) is 13.0. The van der Waals surface area contributed by atoms with Crippen LogP contribution in [-0.2, 0) is 12.8 Å². The summed E-state index contributed by atoms with van der Waals surface area (Å²) in [6.45, 7) is 2.79. The number of amides is 2. The van der Waals surface area contributed by atoms with Crippen molar-refractivity contribution in [3.63, 3.8) is 0 Å². The number of thiazole rings is 1. The van der Waals surface area contributed by atoms with Gasteiger partial charge in [0.15, 0.2) is 0 Å². The zero-order valence-electron chi connectivity index (χ0n) is 12.2. The van der Waals surface area contributed by atoms with Crippen LogP contribution in [0.5, 0.6) is 0 Å². The Bertz CT molecular complexity index is 625. The molecule has 0 aliphatic heterocycles. The Balaban J connectivity index is 1.65. The molecule has 0 spiro atoms. The molecule has 0 atom stereocenters. The van der Waals surface area contributed by atoms with E-state index >= 15 is 0 Å². The van der Waals surface area contributed by atoms with Gasteiger partial charge < -0.3 is 10.6 Å². The van der Waals surface area contributed by atoms with Crippen LogP contribution in [0.2, 0.25) is 0 Å². The summed E-state index contributed by atoms with van der Waals surface area (Å²) in [5, 5.41) is 6.35. The molecule has 0 aliphatic rings. The highest BCUT2D eigenvalue weighted by atomic mass is 32.1. The van der Waals surface area contributed by atoms with E-state index in [0.717, 1.165) is 16.0 Å². The Morgan fingerprint density at radius 2 is 1.77 bits per heavy atom. The number of rotatable bonds is 6. The van der Waals surface area contributed by atoms with Crippen molar-refractivity contribution < 1.29 is 13.6 Å². The molecular weight excluding hydrogens is 308 g/mol. The molecule has 0 aliphatic carbocycles. The Morgan fingerprint density at radius 1 is 1.14 bits per heavy atom. The molecule has 0 radical (unpaired) electrons. The zero-order chi connectivity index (χ0) is 15.9. The largest absolute Gasteiger partial charge is 0.338 e. The molecule has 0 fully saturated rings. The monoisotopic (exact) mass is 325 g/mol. The molecule has 118 valence electrons. The Kier molecular flexibility index (Phi) is 5.83. The van der Waals surface area contributed by atoms with E-state index < -0.39 is 11.6 Å². The predicted octanol–water partition coefficient (Wildman–Crippen LogP) is 2.81. The van der Waals surface area contributed by atoms with Gasteiger partial charge in [0, 0.05) is 36.7 Å². The molecule has 1 aromatic heterocycles. The maximum absolute atomic E-state index is 13.0. The highest BCUT2D eigenvalue weighted by molar-refractivity contribution is 7.11. The van der Waals surface area contributed by atoms with Gasteiger partial charge >= 0.3 is 6.03 Å². The first kappa shape index (κ1) is 16.4. The highest BCUT2D eigenvalue weighted by Gasteiger charge is 2.04. The molecule has 1 aromatic carbocycles. The van der Waals surface area contributed by atoms with E-state index in [-0.39, 0.29) is 6.03 Å². The van der Waals surface area contributed by atoms with E-state index in [0.29, 0.717) is 31.5 Å². The van der Waals surface area contributed by atoms with Crippen molar-refractivity contribution in [2.75, 3.05) is 13.1 Å². The molecule has 0 bridgehead atoms. The standard InChI is InChI=1S/C15H17F2N3OS/c1-10-9-20-14(22-10)3-5-19-15(21)18-4-2-11-6-12(16)8-13(17)7-11/h6-9H,2-5H2,1H3,(H2,18,19,21). The lowest BCUT2D eigenvalue weighted by Crippen LogP contribution is -2.37. The maximum atomic E-state index is 13.0. The van der Waals surface area contributed by atoms with Gasteiger partial charge in [-0.3, -0.25) is 0 Å². The second-order valence-electron chi connectivity index (χ2n) is 4.83. The number of carbonyl (C=O) groups is 1. The van der Waals surface area contributed by atoms with Crippen LogP contribution < -0.4 is 10.6 Å². The van der Waals surface area contributed by atoms with Gasteiger partial charge in [0.25, 0.3) is 0 Å². The average molecular weight is 325 g/mol. The summed E-state index contributed by atoms with van der Waals surface area (Å²) >= 11 is 1.60. The summed E-state index contributed by atoms with van der Waals surface area (Å²) in [4.78, 5) is 16.9. The molecule has 2 N–H and O–H groups in total. The number of aryl methyl sites for hydroxylation is 1. The lowest BCUT2D eigenvalue weighted by atomic mass is 10.1. The fraction of sp³-hybridized carbons (Fsp3) is 0.333. The maximum Gasteiger partial charge on any atom is 0.314 e. The van der Waals surface area contributed by atoms with Crippen LogP contribution >= 0.6 is 11.3 Å². The number of hydrogen-bond acceptors (Lipinski definition) is 3. The second-order valence-corrected chi connectivity index (χ2v) is 6.14. The van der Waals surface area contributed by atoms with E-state index in [1.54, 1.807) is 17.5 Å². The molecule has 0 saturated carbocycles. The molecule has 2 rings (SSSR count). The molecule has 0 saturated heterocycles. The summed E-state index contributed by atoms with van der Waals surface area (Å²) < 4.78 is 26.0. The Hall–Kier alpha value is -2.02. The number of aromatic nitrogens is 1. The van der Waals surface area contributed by atoms with Gasteiger partial charge in [-0.05, 0) is 31.0 Å². The SMILES string of the molecule is Cc1cnc(CCNC(=O)NCCc2cc(F)cc(F)c2)s1. The van der Waals surface area contributed by atoms with Crippen LogP contribution in [0, 0.1) is 18.6 Å². The van der Waals surface area contributed by atoms with Crippen LogP contribution in [0.3, 0.4) is 0 Å². The van der Waals surface area contributed by atoms with Crippen molar-refractivity contribution in [3.8, 4) is 0 Å².